The van der Waals surface area contributed by atoms with Crippen LogP contribution in [-0.4, -0.2) is 19.1 Å². The fourth-order valence-corrected chi connectivity index (χ4v) is 1.14. The van der Waals surface area contributed by atoms with Crippen LogP contribution in [0.4, 0.5) is 4.39 Å². The van der Waals surface area contributed by atoms with Gasteiger partial charge >= 0.3 is 5.97 Å². The van der Waals surface area contributed by atoms with Crippen molar-refractivity contribution < 1.29 is 13.9 Å². The lowest BCUT2D eigenvalue weighted by Gasteiger charge is -2.09. The zero-order chi connectivity index (χ0) is 10.6. The molecule has 0 saturated carbocycles. The molecule has 0 spiro atoms. The minimum Gasteiger partial charge on any atom is -0.468 e. The standard InChI is InChI=1S/C10H12FNO2/c1-14-10(13)9(12)6-7-4-2-3-5-8(7)11/h2-5,9H,6,12H2,1H3. The van der Waals surface area contributed by atoms with Crippen LogP contribution in [0.25, 0.3) is 0 Å². The fourth-order valence-electron chi connectivity index (χ4n) is 1.14. The first-order valence-corrected chi connectivity index (χ1v) is 4.22. The van der Waals surface area contributed by atoms with E-state index in [9.17, 15) is 9.18 Å². The first-order valence-electron chi connectivity index (χ1n) is 4.22. The number of hydrogen-bond acceptors (Lipinski definition) is 3. The van der Waals surface area contributed by atoms with Crippen molar-refractivity contribution in [1.29, 1.82) is 0 Å². The fraction of sp³-hybridized carbons (Fsp3) is 0.300. The molecule has 2 N–H and O–H groups in total. The van der Waals surface area contributed by atoms with E-state index >= 15 is 0 Å². The van der Waals surface area contributed by atoms with Crippen molar-refractivity contribution >= 4 is 5.97 Å². The predicted molar refractivity (Wildman–Crippen MR) is 50.1 cm³/mol. The second-order valence-corrected chi connectivity index (χ2v) is 2.93. The van der Waals surface area contributed by atoms with E-state index in [1.165, 1.54) is 13.2 Å². The van der Waals surface area contributed by atoms with Gasteiger partial charge in [-0.25, -0.2) is 4.39 Å². The average molecular weight is 197 g/mol. The zero-order valence-electron chi connectivity index (χ0n) is 7.87. The molecule has 0 aliphatic carbocycles. The van der Waals surface area contributed by atoms with Crippen molar-refractivity contribution in [2.24, 2.45) is 5.73 Å². The molecular weight excluding hydrogens is 185 g/mol. The highest BCUT2D eigenvalue weighted by Gasteiger charge is 2.15. The van der Waals surface area contributed by atoms with E-state index in [-0.39, 0.29) is 12.2 Å². The second-order valence-electron chi connectivity index (χ2n) is 2.93. The lowest BCUT2D eigenvalue weighted by atomic mass is 10.1. The molecule has 0 bridgehead atoms. The van der Waals surface area contributed by atoms with E-state index < -0.39 is 12.0 Å². The molecule has 1 unspecified atom stereocenters. The second kappa shape index (κ2) is 4.72. The molecule has 0 heterocycles. The van der Waals surface area contributed by atoms with Crippen LogP contribution in [0.2, 0.25) is 0 Å². The Labute approximate surface area is 81.7 Å². The van der Waals surface area contributed by atoms with Gasteiger partial charge in [0, 0.05) is 6.42 Å². The lowest BCUT2D eigenvalue weighted by molar-refractivity contribution is -0.142. The van der Waals surface area contributed by atoms with Crippen LogP contribution in [0.3, 0.4) is 0 Å². The number of carbonyl (C=O) groups excluding carboxylic acids is 1. The van der Waals surface area contributed by atoms with E-state index in [4.69, 9.17) is 5.73 Å². The Kier molecular flexibility index (Phi) is 3.59. The summed E-state index contributed by atoms with van der Waals surface area (Å²) in [7, 11) is 1.25. The maximum Gasteiger partial charge on any atom is 0.322 e. The summed E-state index contributed by atoms with van der Waals surface area (Å²) in [5.41, 5.74) is 5.91. The number of halogens is 1. The molecule has 0 aliphatic rings. The third-order valence-corrected chi connectivity index (χ3v) is 1.90. The summed E-state index contributed by atoms with van der Waals surface area (Å²) < 4.78 is 17.5. The molecule has 3 nitrogen and oxygen atoms in total. The minimum atomic E-state index is -0.808. The van der Waals surface area contributed by atoms with Gasteiger partial charge in [0.15, 0.2) is 0 Å². The number of methoxy groups -OCH3 is 1. The number of nitrogens with two attached hydrogens (primary N) is 1. The molecule has 1 aromatic rings. The van der Waals surface area contributed by atoms with Gasteiger partial charge in [0.1, 0.15) is 11.9 Å². The Morgan fingerprint density at radius 2 is 2.21 bits per heavy atom. The van der Waals surface area contributed by atoms with Gasteiger partial charge in [0.25, 0.3) is 0 Å². The SMILES string of the molecule is COC(=O)C(N)Cc1ccccc1F. The number of carbonyl (C=O) groups is 1. The Bertz CT molecular complexity index is 328. The Hall–Kier alpha value is -1.42. The highest BCUT2D eigenvalue weighted by Crippen LogP contribution is 2.08. The van der Waals surface area contributed by atoms with Crippen LogP contribution < -0.4 is 5.73 Å². The predicted octanol–water partition coefficient (Wildman–Crippen LogP) is 0.868. The largest absolute Gasteiger partial charge is 0.468 e. The quantitative estimate of drug-likeness (QED) is 0.731. The van der Waals surface area contributed by atoms with Crippen molar-refractivity contribution in [2.45, 2.75) is 12.5 Å². The summed E-state index contributed by atoms with van der Waals surface area (Å²) in [6, 6.07) is 5.40. The molecule has 1 rings (SSSR count). The lowest BCUT2D eigenvalue weighted by Crippen LogP contribution is -2.33. The molecule has 1 aromatic carbocycles. The number of rotatable bonds is 3. The summed E-state index contributed by atoms with van der Waals surface area (Å²) in [6.07, 6.45) is 0.152. The summed E-state index contributed by atoms with van der Waals surface area (Å²) >= 11 is 0. The summed E-state index contributed by atoms with van der Waals surface area (Å²) in [6.45, 7) is 0. The molecule has 76 valence electrons. The van der Waals surface area contributed by atoms with Crippen molar-refractivity contribution in [3.05, 3.63) is 35.6 Å². The summed E-state index contributed by atoms with van der Waals surface area (Å²) in [5, 5.41) is 0. The van der Waals surface area contributed by atoms with Gasteiger partial charge in [-0.05, 0) is 11.6 Å². The van der Waals surface area contributed by atoms with E-state index in [0.29, 0.717) is 5.56 Å². The van der Waals surface area contributed by atoms with E-state index in [0.717, 1.165) is 0 Å². The topological polar surface area (TPSA) is 52.3 Å². The molecule has 0 saturated heterocycles. The van der Waals surface area contributed by atoms with Crippen molar-refractivity contribution in [3.8, 4) is 0 Å². The molecule has 0 aromatic heterocycles. The zero-order valence-corrected chi connectivity index (χ0v) is 7.87. The molecule has 1 atom stereocenters. The Morgan fingerprint density at radius 3 is 2.79 bits per heavy atom. The number of ether oxygens (including phenoxy) is 1. The smallest absolute Gasteiger partial charge is 0.322 e. The van der Waals surface area contributed by atoms with Crippen molar-refractivity contribution in [1.82, 2.24) is 0 Å². The van der Waals surface area contributed by atoms with Crippen molar-refractivity contribution in [3.63, 3.8) is 0 Å². The van der Waals surface area contributed by atoms with E-state index in [2.05, 4.69) is 4.74 Å². The summed E-state index contributed by atoms with van der Waals surface area (Å²) in [4.78, 5) is 11.0. The van der Waals surface area contributed by atoms with E-state index in [1.807, 2.05) is 0 Å². The Morgan fingerprint density at radius 1 is 1.57 bits per heavy atom. The van der Waals surface area contributed by atoms with Gasteiger partial charge < -0.3 is 10.5 Å². The normalized spacial score (nSPS) is 12.2. The third-order valence-electron chi connectivity index (χ3n) is 1.90. The maximum absolute atomic E-state index is 13.1. The van der Waals surface area contributed by atoms with Crippen LogP contribution in [0, 0.1) is 5.82 Å². The monoisotopic (exact) mass is 197 g/mol. The summed E-state index contributed by atoms with van der Waals surface area (Å²) in [5.74, 6) is -0.889. The molecule has 0 amide bonds. The highest BCUT2D eigenvalue weighted by atomic mass is 19.1. The minimum absolute atomic E-state index is 0.152. The van der Waals surface area contributed by atoms with E-state index in [1.54, 1.807) is 18.2 Å². The molecule has 14 heavy (non-hydrogen) atoms. The average Bonchev–Trinajstić information content (AvgIpc) is 2.20. The highest BCUT2D eigenvalue weighted by molar-refractivity contribution is 5.75. The molecule has 0 radical (unpaired) electrons. The number of benzene rings is 1. The van der Waals surface area contributed by atoms with Gasteiger partial charge in [-0.15, -0.1) is 0 Å². The van der Waals surface area contributed by atoms with Gasteiger partial charge in [0.2, 0.25) is 0 Å². The van der Waals surface area contributed by atoms with Crippen LogP contribution in [0.15, 0.2) is 24.3 Å². The Balaban J connectivity index is 2.69. The number of esters is 1. The van der Waals surface area contributed by atoms with Gasteiger partial charge in [-0.2, -0.15) is 0 Å². The van der Waals surface area contributed by atoms with Crippen LogP contribution in [-0.2, 0) is 16.0 Å². The van der Waals surface area contributed by atoms with Gasteiger partial charge in [0.05, 0.1) is 7.11 Å². The molecular formula is C10H12FNO2. The van der Waals surface area contributed by atoms with Crippen LogP contribution in [0.5, 0.6) is 0 Å². The molecule has 4 heteroatoms. The maximum atomic E-state index is 13.1. The molecule has 0 aliphatic heterocycles. The van der Waals surface area contributed by atoms with Crippen molar-refractivity contribution in [2.75, 3.05) is 7.11 Å². The van der Waals surface area contributed by atoms with Gasteiger partial charge in [-0.1, -0.05) is 18.2 Å². The first-order chi connectivity index (χ1) is 6.65. The van der Waals surface area contributed by atoms with Gasteiger partial charge in [-0.3, -0.25) is 4.79 Å². The van der Waals surface area contributed by atoms with Crippen LogP contribution >= 0.6 is 0 Å². The number of hydrogen-bond donors (Lipinski definition) is 1. The van der Waals surface area contributed by atoms with Crippen LogP contribution in [0.1, 0.15) is 5.56 Å². The molecule has 0 fully saturated rings. The first kappa shape index (κ1) is 10.7. The third kappa shape index (κ3) is 2.53.